The number of aromatic nitrogens is 1. The third-order valence-electron chi connectivity index (χ3n) is 3.05. The van der Waals surface area contributed by atoms with Gasteiger partial charge in [-0.25, -0.2) is 0 Å². The summed E-state index contributed by atoms with van der Waals surface area (Å²) < 4.78 is 5.53. The number of aryl methyl sites for hydroxylation is 1. The lowest BCUT2D eigenvalue weighted by Crippen LogP contribution is -2.41. The molecule has 0 fully saturated rings. The molecule has 0 radical (unpaired) electrons. The van der Waals surface area contributed by atoms with Crippen molar-refractivity contribution in [1.82, 2.24) is 15.8 Å². The van der Waals surface area contributed by atoms with E-state index in [9.17, 15) is 9.59 Å². The van der Waals surface area contributed by atoms with Crippen LogP contribution in [0.2, 0.25) is 0 Å². The number of pyridine rings is 1. The molecule has 0 atom stereocenters. The Balaban J connectivity index is 1.62. The second-order valence-corrected chi connectivity index (χ2v) is 4.98. The second kappa shape index (κ2) is 8.53. The van der Waals surface area contributed by atoms with Crippen LogP contribution in [-0.4, -0.2) is 23.4 Å². The zero-order valence-electron chi connectivity index (χ0n) is 12.9. The van der Waals surface area contributed by atoms with Gasteiger partial charge in [-0.1, -0.05) is 23.8 Å². The fourth-order valence-corrected chi connectivity index (χ4v) is 1.81. The number of amides is 2. The Bertz CT molecular complexity index is 642. The molecule has 2 amide bonds. The lowest BCUT2D eigenvalue weighted by Gasteiger charge is -2.08. The average Bonchev–Trinajstić information content (AvgIpc) is 2.59. The van der Waals surface area contributed by atoms with Gasteiger partial charge in [-0.3, -0.25) is 25.4 Å². The molecule has 1 aromatic carbocycles. The highest BCUT2D eigenvalue weighted by atomic mass is 16.5. The Labute approximate surface area is 134 Å². The number of hydrogen-bond acceptors (Lipinski definition) is 4. The van der Waals surface area contributed by atoms with E-state index in [0.717, 1.165) is 5.75 Å². The molecule has 0 saturated heterocycles. The number of hydrogen-bond donors (Lipinski definition) is 2. The average molecular weight is 313 g/mol. The van der Waals surface area contributed by atoms with Crippen molar-refractivity contribution < 1.29 is 14.3 Å². The van der Waals surface area contributed by atoms with E-state index in [2.05, 4.69) is 15.8 Å². The Morgan fingerprint density at radius 2 is 1.87 bits per heavy atom. The predicted molar refractivity (Wildman–Crippen MR) is 85.8 cm³/mol. The van der Waals surface area contributed by atoms with Crippen LogP contribution in [0.4, 0.5) is 0 Å². The van der Waals surface area contributed by atoms with Crippen LogP contribution in [0, 0.1) is 6.92 Å². The van der Waals surface area contributed by atoms with Crippen LogP contribution in [0.1, 0.15) is 28.9 Å². The summed E-state index contributed by atoms with van der Waals surface area (Å²) in [5, 5.41) is 0. The van der Waals surface area contributed by atoms with Crippen molar-refractivity contribution in [3.63, 3.8) is 0 Å². The molecule has 23 heavy (non-hydrogen) atoms. The van der Waals surface area contributed by atoms with Crippen LogP contribution in [0.5, 0.6) is 5.75 Å². The maximum absolute atomic E-state index is 11.7. The number of ether oxygens (including phenoxy) is 1. The molecule has 0 saturated carbocycles. The molecule has 0 aliphatic rings. The monoisotopic (exact) mass is 313 g/mol. The largest absolute Gasteiger partial charge is 0.494 e. The molecule has 0 aliphatic carbocycles. The molecule has 2 aromatic rings. The first-order chi connectivity index (χ1) is 11.1. The lowest BCUT2D eigenvalue weighted by molar-refractivity contribution is -0.122. The van der Waals surface area contributed by atoms with Crippen LogP contribution < -0.4 is 15.6 Å². The summed E-state index contributed by atoms with van der Waals surface area (Å²) in [4.78, 5) is 27.2. The summed E-state index contributed by atoms with van der Waals surface area (Å²) in [5.41, 5.74) is 6.09. The van der Waals surface area contributed by atoms with E-state index < -0.39 is 5.91 Å². The van der Waals surface area contributed by atoms with Gasteiger partial charge >= 0.3 is 0 Å². The van der Waals surface area contributed by atoms with Crippen molar-refractivity contribution in [2.75, 3.05) is 6.61 Å². The third-order valence-corrected chi connectivity index (χ3v) is 3.05. The number of benzene rings is 1. The minimum Gasteiger partial charge on any atom is -0.494 e. The molecular weight excluding hydrogens is 294 g/mol. The second-order valence-electron chi connectivity index (χ2n) is 4.98. The zero-order valence-corrected chi connectivity index (χ0v) is 12.9. The van der Waals surface area contributed by atoms with Gasteiger partial charge in [0.1, 0.15) is 11.4 Å². The molecule has 2 rings (SSSR count). The highest BCUT2D eigenvalue weighted by Gasteiger charge is 2.07. The molecule has 2 N–H and O–H groups in total. The Morgan fingerprint density at radius 1 is 1.09 bits per heavy atom. The topological polar surface area (TPSA) is 80.3 Å². The van der Waals surface area contributed by atoms with Gasteiger partial charge in [0.05, 0.1) is 6.61 Å². The molecule has 1 heterocycles. The van der Waals surface area contributed by atoms with Crippen molar-refractivity contribution in [2.45, 2.75) is 19.8 Å². The molecular formula is C17H19N3O3. The van der Waals surface area contributed by atoms with Gasteiger partial charge in [-0.15, -0.1) is 0 Å². The maximum Gasteiger partial charge on any atom is 0.288 e. The number of carbonyl (C=O) groups is 2. The van der Waals surface area contributed by atoms with Crippen LogP contribution in [0.25, 0.3) is 0 Å². The summed E-state index contributed by atoms with van der Waals surface area (Å²) in [6.45, 7) is 2.44. The van der Waals surface area contributed by atoms with Gasteiger partial charge in [-0.05, 0) is 37.6 Å². The van der Waals surface area contributed by atoms with Crippen molar-refractivity contribution in [3.8, 4) is 5.75 Å². The van der Waals surface area contributed by atoms with E-state index in [1.165, 1.54) is 11.8 Å². The summed E-state index contributed by atoms with van der Waals surface area (Å²) in [7, 11) is 0. The quantitative estimate of drug-likeness (QED) is 0.631. The van der Waals surface area contributed by atoms with Crippen LogP contribution in [-0.2, 0) is 4.79 Å². The molecule has 120 valence electrons. The lowest BCUT2D eigenvalue weighted by atomic mass is 10.2. The summed E-state index contributed by atoms with van der Waals surface area (Å²) in [6.07, 6.45) is 2.33. The normalized spacial score (nSPS) is 9.96. The Hall–Kier alpha value is -2.89. The van der Waals surface area contributed by atoms with E-state index in [1.807, 2.05) is 31.2 Å². The highest BCUT2D eigenvalue weighted by Crippen LogP contribution is 2.11. The third kappa shape index (κ3) is 5.78. The van der Waals surface area contributed by atoms with Crippen molar-refractivity contribution in [1.29, 1.82) is 0 Å². The maximum atomic E-state index is 11.7. The zero-order chi connectivity index (χ0) is 16.5. The SMILES string of the molecule is Cc1ccc(OCCCC(=O)NNC(=O)c2ccccn2)cc1. The number of hydrazine groups is 1. The number of carbonyl (C=O) groups excluding carboxylic acids is 2. The minimum atomic E-state index is -0.449. The van der Waals surface area contributed by atoms with Crippen LogP contribution >= 0.6 is 0 Å². The van der Waals surface area contributed by atoms with Crippen LogP contribution in [0.3, 0.4) is 0 Å². The van der Waals surface area contributed by atoms with Gasteiger partial charge in [-0.2, -0.15) is 0 Å². The van der Waals surface area contributed by atoms with Crippen molar-refractivity contribution in [3.05, 3.63) is 59.9 Å². The fraction of sp³-hybridized carbons (Fsp3) is 0.235. The molecule has 1 aromatic heterocycles. The van der Waals surface area contributed by atoms with Crippen molar-refractivity contribution >= 4 is 11.8 Å². The number of nitrogens with one attached hydrogen (secondary N) is 2. The predicted octanol–water partition coefficient (Wildman–Crippen LogP) is 2.01. The molecule has 0 bridgehead atoms. The molecule has 0 unspecified atom stereocenters. The number of nitrogens with zero attached hydrogens (tertiary/aromatic N) is 1. The van der Waals surface area contributed by atoms with E-state index in [4.69, 9.17) is 4.74 Å². The van der Waals surface area contributed by atoms with Gasteiger partial charge < -0.3 is 4.74 Å². The van der Waals surface area contributed by atoms with E-state index in [-0.39, 0.29) is 18.0 Å². The molecule has 0 aliphatic heterocycles. The molecule has 6 heteroatoms. The van der Waals surface area contributed by atoms with E-state index >= 15 is 0 Å². The van der Waals surface area contributed by atoms with Gasteiger partial charge in [0.25, 0.3) is 5.91 Å². The first kappa shape index (κ1) is 16.5. The highest BCUT2D eigenvalue weighted by molar-refractivity contribution is 5.93. The molecule has 6 nitrogen and oxygen atoms in total. The fourth-order valence-electron chi connectivity index (χ4n) is 1.81. The van der Waals surface area contributed by atoms with Crippen LogP contribution in [0.15, 0.2) is 48.7 Å². The standard InChI is InChI=1S/C17H19N3O3/c1-13-7-9-14(10-8-13)23-12-4-6-16(21)19-20-17(22)15-5-2-3-11-18-15/h2-3,5,7-11H,4,6,12H2,1H3,(H,19,21)(H,20,22). The van der Waals surface area contributed by atoms with E-state index in [0.29, 0.717) is 13.0 Å². The molecule has 0 spiro atoms. The van der Waals surface area contributed by atoms with E-state index in [1.54, 1.807) is 18.2 Å². The first-order valence-electron chi connectivity index (χ1n) is 7.35. The van der Waals surface area contributed by atoms with Gasteiger partial charge in [0.15, 0.2) is 0 Å². The summed E-state index contributed by atoms with van der Waals surface area (Å²) in [5.74, 6) is 0.0519. The number of rotatable bonds is 6. The van der Waals surface area contributed by atoms with Gasteiger partial charge in [0, 0.05) is 12.6 Å². The minimum absolute atomic E-state index is 0.246. The Kier molecular flexibility index (Phi) is 6.11. The smallest absolute Gasteiger partial charge is 0.288 e. The van der Waals surface area contributed by atoms with Gasteiger partial charge in [0.2, 0.25) is 5.91 Å². The summed E-state index contributed by atoms with van der Waals surface area (Å²) >= 11 is 0. The Morgan fingerprint density at radius 3 is 2.57 bits per heavy atom. The summed E-state index contributed by atoms with van der Waals surface area (Å²) in [6, 6.07) is 12.7. The van der Waals surface area contributed by atoms with Crippen molar-refractivity contribution in [2.24, 2.45) is 0 Å². The first-order valence-corrected chi connectivity index (χ1v) is 7.35.